The molecule has 0 aliphatic heterocycles. The molecular formula is C18H20O6S. The highest BCUT2D eigenvalue weighted by Gasteiger charge is 2.60. The molecule has 0 radical (unpaired) electrons. The van der Waals surface area contributed by atoms with Crippen molar-refractivity contribution in [3.8, 4) is 5.75 Å². The third-order valence-corrected chi connectivity index (χ3v) is 6.63. The first-order valence-electron chi connectivity index (χ1n) is 8.42. The summed E-state index contributed by atoms with van der Waals surface area (Å²) < 4.78 is 35.1. The quantitative estimate of drug-likeness (QED) is 0.782. The first-order valence-corrected chi connectivity index (χ1v) is 9.79. The third kappa shape index (κ3) is 2.37. The van der Waals surface area contributed by atoms with E-state index in [2.05, 4.69) is 4.18 Å². The summed E-state index contributed by atoms with van der Waals surface area (Å²) in [6.07, 6.45) is 3.48. The zero-order valence-corrected chi connectivity index (χ0v) is 14.7. The number of hydrogen-bond donors (Lipinski definition) is 2. The highest BCUT2D eigenvalue weighted by atomic mass is 32.3. The van der Waals surface area contributed by atoms with Crippen molar-refractivity contribution in [3.63, 3.8) is 0 Å². The van der Waals surface area contributed by atoms with Gasteiger partial charge in [-0.15, -0.1) is 0 Å². The second-order valence-corrected chi connectivity index (χ2v) is 8.42. The molecule has 0 spiro atoms. The van der Waals surface area contributed by atoms with Gasteiger partial charge in [0.1, 0.15) is 11.5 Å². The Balaban J connectivity index is 1.79. The fourth-order valence-electron chi connectivity index (χ4n) is 4.84. The van der Waals surface area contributed by atoms with E-state index in [1.807, 2.05) is 6.92 Å². The van der Waals surface area contributed by atoms with E-state index >= 15 is 0 Å². The Bertz CT molecular complexity index is 915. The molecule has 3 aliphatic carbocycles. The molecule has 1 aromatic rings. The number of allylic oxidation sites excluding steroid dienone is 1. The summed E-state index contributed by atoms with van der Waals surface area (Å²) in [7, 11) is -4.55. The SMILES string of the molecule is C[C@]12CCC3=C(CCc4cc(OS(=O)(=O)O)ccc43)C1(O)CCC2=O. The number of ketones is 1. The van der Waals surface area contributed by atoms with Crippen LogP contribution in [0.1, 0.15) is 50.2 Å². The standard InChI is InChI=1S/C18H20O6S/c1-17-8-6-14-13-4-3-12(24-25(21,22)23)10-11(13)2-5-15(14)18(17,20)9-7-16(17)19/h3-4,10,20H,2,5-9H2,1H3,(H,21,22,23)/t17-,18?/m1/s1. The molecule has 0 bridgehead atoms. The van der Waals surface area contributed by atoms with Crippen LogP contribution in [0.15, 0.2) is 23.8 Å². The van der Waals surface area contributed by atoms with Crippen molar-refractivity contribution >= 4 is 21.8 Å². The van der Waals surface area contributed by atoms with E-state index in [-0.39, 0.29) is 11.5 Å². The molecule has 2 N–H and O–H groups in total. The zero-order chi connectivity index (χ0) is 18.0. The van der Waals surface area contributed by atoms with Gasteiger partial charge in [-0.1, -0.05) is 6.07 Å². The van der Waals surface area contributed by atoms with Gasteiger partial charge in [0.2, 0.25) is 0 Å². The lowest BCUT2D eigenvalue weighted by molar-refractivity contribution is -0.133. The van der Waals surface area contributed by atoms with E-state index in [0.29, 0.717) is 38.5 Å². The van der Waals surface area contributed by atoms with Crippen molar-refractivity contribution in [2.75, 3.05) is 0 Å². The summed E-state index contributed by atoms with van der Waals surface area (Å²) in [5.74, 6) is 0.213. The molecule has 1 aromatic carbocycles. The molecule has 1 unspecified atom stereocenters. The summed E-state index contributed by atoms with van der Waals surface area (Å²) >= 11 is 0. The maximum Gasteiger partial charge on any atom is 0.446 e. The molecule has 0 heterocycles. The molecule has 3 aliphatic rings. The van der Waals surface area contributed by atoms with Gasteiger partial charge in [0.15, 0.2) is 0 Å². The van der Waals surface area contributed by atoms with Gasteiger partial charge in [-0.25, -0.2) is 0 Å². The van der Waals surface area contributed by atoms with Crippen LogP contribution in [-0.4, -0.2) is 29.5 Å². The van der Waals surface area contributed by atoms with Gasteiger partial charge < -0.3 is 9.29 Å². The molecule has 134 valence electrons. The van der Waals surface area contributed by atoms with Crippen LogP contribution in [0.5, 0.6) is 5.75 Å². The number of hydrogen-bond acceptors (Lipinski definition) is 5. The topological polar surface area (TPSA) is 101 Å². The summed E-state index contributed by atoms with van der Waals surface area (Å²) in [6.45, 7) is 1.88. The molecule has 0 aromatic heterocycles. The highest BCUT2D eigenvalue weighted by Crippen LogP contribution is 2.58. The molecule has 25 heavy (non-hydrogen) atoms. The average Bonchev–Trinajstić information content (AvgIpc) is 2.77. The first kappa shape index (κ1) is 16.8. The van der Waals surface area contributed by atoms with Crippen molar-refractivity contribution in [1.82, 2.24) is 0 Å². The van der Waals surface area contributed by atoms with E-state index in [0.717, 1.165) is 22.3 Å². The summed E-state index contributed by atoms with van der Waals surface area (Å²) in [4.78, 5) is 12.4. The molecule has 0 amide bonds. The van der Waals surface area contributed by atoms with E-state index < -0.39 is 21.4 Å². The molecule has 1 fully saturated rings. The van der Waals surface area contributed by atoms with E-state index in [9.17, 15) is 18.3 Å². The number of carbonyl (C=O) groups excluding carboxylic acids is 1. The van der Waals surface area contributed by atoms with Crippen LogP contribution in [-0.2, 0) is 21.6 Å². The van der Waals surface area contributed by atoms with Gasteiger partial charge >= 0.3 is 10.4 Å². The van der Waals surface area contributed by atoms with Crippen molar-refractivity contribution in [2.45, 2.75) is 51.0 Å². The van der Waals surface area contributed by atoms with Gasteiger partial charge in [0.25, 0.3) is 0 Å². The fraction of sp³-hybridized carbons (Fsp3) is 0.500. The normalized spacial score (nSPS) is 31.4. The van der Waals surface area contributed by atoms with Crippen LogP contribution in [0.3, 0.4) is 0 Å². The maximum absolute atomic E-state index is 12.4. The van der Waals surface area contributed by atoms with Gasteiger partial charge in [-0.2, -0.15) is 8.42 Å². The zero-order valence-electron chi connectivity index (χ0n) is 13.9. The predicted octanol–water partition coefficient (Wildman–Crippen LogP) is 2.46. The van der Waals surface area contributed by atoms with E-state index in [4.69, 9.17) is 4.55 Å². The summed E-state index contributed by atoms with van der Waals surface area (Å²) in [6, 6.07) is 4.89. The molecule has 2 atom stereocenters. The average molecular weight is 364 g/mol. The Morgan fingerprint density at radius 2 is 1.88 bits per heavy atom. The minimum Gasteiger partial charge on any atom is -0.384 e. The number of benzene rings is 1. The number of aryl methyl sites for hydroxylation is 1. The smallest absolute Gasteiger partial charge is 0.384 e. The van der Waals surface area contributed by atoms with Crippen molar-refractivity contribution < 1.29 is 27.1 Å². The third-order valence-electron chi connectivity index (χ3n) is 6.23. The van der Waals surface area contributed by atoms with Gasteiger partial charge in [0, 0.05) is 6.42 Å². The molecule has 0 saturated heterocycles. The molecule has 1 saturated carbocycles. The Labute approximate surface area is 146 Å². The van der Waals surface area contributed by atoms with E-state index in [1.54, 1.807) is 12.1 Å². The Hall–Kier alpha value is -1.70. The lowest BCUT2D eigenvalue weighted by Gasteiger charge is -2.47. The van der Waals surface area contributed by atoms with Crippen LogP contribution in [0.2, 0.25) is 0 Å². The number of aliphatic hydroxyl groups is 1. The van der Waals surface area contributed by atoms with Gasteiger partial charge in [-0.05, 0) is 73.4 Å². The second-order valence-electron chi connectivity index (χ2n) is 7.40. The molecule has 6 nitrogen and oxygen atoms in total. The molecule has 7 heteroatoms. The maximum atomic E-state index is 12.4. The number of Topliss-reactive ketones (excluding diaryl/α,β-unsaturated/α-hetero) is 1. The monoisotopic (exact) mass is 364 g/mol. The predicted molar refractivity (Wildman–Crippen MR) is 90.4 cm³/mol. The van der Waals surface area contributed by atoms with Gasteiger partial charge in [-0.3, -0.25) is 9.35 Å². The molecular weight excluding hydrogens is 344 g/mol. The van der Waals surface area contributed by atoms with Crippen LogP contribution in [0.4, 0.5) is 0 Å². The number of rotatable bonds is 2. The van der Waals surface area contributed by atoms with Crippen molar-refractivity contribution in [3.05, 3.63) is 34.9 Å². The Morgan fingerprint density at radius 1 is 1.12 bits per heavy atom. The fourth-order valence-corrected chi connectivity index (χ4v) is 5.19. The van der Waals surface area contributed by atoms with Crippen molar-refractivity contribution in [1.29, 1.82) is 0 Å². The number of fused-ring (bicyclic) bond motifs is 4. The molecule has 4 rings (SSSR count). The minimum atomic E-state index is -4.55. The van der Waals surface area contributed by atoms with E-state index in [1.165, 1.54) is 6.07 Å². The van der Waals surface area contributed by atoms with Gasteiger partial charge in [0.05, 0.1) is 11.0 Å². The van der Waals surface area contributed by atoms with Crippen LogP contribution in [0.25, 0.3) is 5.57 Å². The summed E-state index contributed by atoms with van der Waals surface area (Å²) in [5.41, 5.74) is 2.16. The minimum absolute atomic E-state index is 0.0701. The lowest BCUT2D eigenvalue weighted by atomic mass is 9.60. The van der Waals surface area contributed by atoms with Crippen LogP contribution in [0, 0.1) is 5.41 Å². The summed E-state index contributed by atoms with van der Waals surface area (Å²) in [5, 5.41) is 11.4. The number of carbonyl (C=O) groups is 1. The highest BCUT2D eigenvalue weighted by molar-refractivity contribution is 7.81. The second kappa shape index (κ2) is 5.16. The first-order chi connectivity index (χ1) is 11.6. The Morgan fingerprint density at radius 3 is 2.60 bits per heavy atom. The van der Waals surface area contributed by atoms with Crippen LogP contribution >= 0.6 is 0 Å². The Kier molecular flexibility index (Phi) is 3.45. The lowest BCUT2D eigenvalue weighted by Crippen LogP contribution is -2.50. The van der Waals surface area contributed by atoms with Crippen molar-refractivity contribution in [2.24, 2.45) is 5.41 Å². The van der Waals surface area contributed by atoms with Crippen LogP contribution < -0.4 is 4.18 Å². The largest absolute Gasteiger partial charge is 0.446 e.